The predicted octanol–water partition coefficient (Wildman–Crippen LogP) is 6.22. The van der Waals surface area contributed by atoms with Crippen LogP contribution < -0.4 is 15.7 Å². The van der Waals surface area contributed by atoms with E-state index in [4.69, 9.17) is 9.15 Å². The molecule has 0 aliphatic rings. The highest BCUT2D eigenvalue weighted by molar-refractivity contribution is 9.10. The van der Waals surface area contributed by atoms with E-state index in [1.54, 1.807) is 65.5 Å². The Balaban J connectivity index is 1.39. The molecule has 0 unspecified atom stereocenters. The molecule has 5 rings (SSSR count). The summed E-state index contributed by atoms with van der Waals surface area (Å²) in [5.74, 6) is 0.0853. The van der Waals surface area contributed by atoms with Gasteiger partial charge in [0, 0.05) is 32.4 Å². The summed E-state index contributed by atoms with van der Waals surface area (Å²) in [5, 5.41) is 17.6. The molecule has 0 spiro atoms. The van der Waals surface area contributed by atoms with Crippen LogP contribution in [-0.4, -0.2) is 22.5 Å². The zero-order valence-electron chi connectivity index (χ0n) is 18.8. The lowest BCUT2D eigenvalue weighted by Crippen LogP contribution is -2.20. The molecule has 182 valence electrons. The number of carbonyl (C=O) groups excluding carboxylic acids is 1. The van der Waals surface area contributed by atoms with Crippen LogP contribution in [0.5, 0.6) is 5.75 Å². The number of halogens is 1. The molecule has 0 radical (unpaired) electrons. The Morgan fingerprint density at radius 1 is 1.22 bits per heavy atom. The van der Waals surface area contributed by atoms with E-state index in [2.05, 4.69) is 37.3 Å². The van der Waals surface area contributed by atoms with Gasteiger partial charge in [-0.25, -0.2) is 14.8 Å². The van der Waals surface area contributed by atoms with Crippen molar-refractivity contribution in [3.63, 3.8) is 0 Å². The lowest BCUT2D eigenvalue weighted by atomic mass is 10.1. The number of nitrogens with zero attached hydrogens (tertiary/aromatic N) is 3. The SMILES string of the molecule is N#C/C(=C\c1ccccc1OCC(=O)Nc1nccs1)c1nc(-c2cc3cc(Br)ccc3oc2=O)cs1. The summed E-state index contributed by atoms with van der Waals surface area (Å²) in [6.07, 6.45) is 3.23. The van der Waals surface area contributed by atoms with Crippen LogP contribution in [0, 0.1) is 11.3 Å². The molecule has 8 nitrogen and oxygen atoms in total. The predicted molar refractivity (Wildman–Crippen MR) is 147 cm³/mol. The summed E-state index contributed by atoms with van der Waals surface area (Å²) in [4.78, 5) is 33.3. The van der Waals surface area contributed by atoms with Gasteiger partial charge in [-0.1, -0.05) is 34.1 Å². The van der Waals surface area contributed by atoms with Gasteiger partial charge in [-0.15, -0.1) is 22.7 Å². The molecule has 1 amide bonds. The Morgan fingerprint density at radius 3 is 2.89 bits per heavy atom. The number of nitriles is 1. The Hall–Kier alpha value is -4.11. The topological polar surface area (TPSA) is 118 Å². The number of ether oxygens (including phenoxy) is 1. The normalized spacial score (nSPS) is 11.3. The monoisotopic (exact) mass is 590 g/mol. The molecule has 37 heavy (non-hydrogen) atoms. The fraction of sp³-hybridized carbons (Fsp3) is 0.0385. The molecule has 11 heteroatoms. The highest BCUT2D eigenvalue weighted by atomic mass is 79.9. The number of allylic oxidation sites excluding steroid dienone is 1. The molecule has 0 saturated carbocycles. The van der Waals surface area contributed by atoms with Crippen molar-refractivity contribution in [2.45, 2.75) is 0 Å². The number of hydrogen-bond acceptors (Lipinski definition) is 9. The maximum Gasteiger partial charge on any atom is 0.345 e. The van der Waals surface area contributed by atoms with Gasteiger partial charge in [-0.2, -0.15) is 5.26 Å². The second kappa shape index (κ2) is 10.9. The summed E-state index contributed by atoms with van der Waals surface area (Å²) in [5.41, 5.74) is 1.58. The number of thiazole rings is 2. The summed E-state index contributed by atoms with van der Waals surface area (Å²) >= 11 is 5.97. The van der Waals surface area contributed by atoms with Crippen LogP contribution in [0.25, 0.3) is 33.9 Å². The third kappa shape index (κ3) is 5.67. The van der Waals surface area contributed by atoms with E-state index in [9.17, 15) is 14.9 Å². The van der Waals surface area contributed by atoms with E-state index in [0.29, 0.717) is 38.3 Å². The van der Waals surface area contributed by atoms with Gasteiger partial charge in [0.2, 0.25) is 0 Å². The highest BCUT2D eigenvalue weighted by Crippen LogP contribution is 2.30. The summed E-state index contributed by atoms with van der Waals surface area (Å²) < 4.78 is 12.0. The maximum absolute atomic E-state index is 12.6. The molecule has 0 aliphatic carbocycles. The average molecular weight is 591 g/mol. The van der Waals surface area contributed by atoms with Crippen molar-refractivity contribution in [1.82, 2.24) is 9.97 Å². The third-order valence-electron chi connectivity index (χ3n) is 5.08. The van der Waals surface area contributed by atoms with Gasteiger partial charge < -0.3 is 9.15 Å². The molecule has 3 aromatic heterocycles. The molecule has 0 bridgehead atoms. The Kier molecular flexibility index (Phi) is 7.23. The summed E-state index contributed by atoms with van der Waals surface area (Å²) in [6.45, 7) is -0.221. The summed E-state index contributed by atoms with van der Waals surface area (Å²) in [6, 6.07) is 16.3. The first-order valence-corrected chi connectivity index (χ1v) is 13.3. The van der Waals surface area contributed by atoms with E-state index in [1.807, 2.05) is 6.07 Å². The van der Waals surface area contributed by atoms with Gasteiger partial charge in [0.25, 0.3) is 5.91 Å². The Labute approximate surface area is 226 Å². The van der Waals surface area contributed by atoms with Crippen LogP contribution in [0.3, 0.4) is 0 Å². The first-order chi connectivity index (χ1) is 18.0. The fourth-order valence-corrected chi connectivity index (χ4v) is 5.12. The quantitative estimate of drug-likeness (QED) is 0.176. The van der Waals surface area contributed by atoms with Crippen molar-refractivity contribution in [3.05, 3.63) is 91.0 Å². The minimum atomic E-state index is -0.510. The van der Waals surface area contributed by atoms with Crippen molar-refractivity contribution in [3.8, 4) is 23.1 Å². The van der Waals surface area contributed by atoms with E-state index in [-0.39, 0.29) is 18.1 Å². The second-order valence-electron chi connectivity index (χ2n) is 7.55. The van der Waals surface area contributed by atoms with Crippen molar-refractivity contribution in [2.24, 2.45) is 0 Å². The van der Waals surface area contributed by atoms with Crippen LogP contribution in [0.15, 0.2) is 79.2 Å². The van der Waals surface area contributed by atoms with Crippen LogP contribution >= 0.6 is 38.6 Å². The van der Waals surface area contributed by atoms with Gasteiger partial charge in [0.1, 0.15) is 22.4 Å². The number of rotatable bonds is 7. The van der Waals surface area contributed by atoms with Gasteiger partial charge in [-0.3, -0.25) is 10.1 Å². The third-order valence-corrected chi connectivity index (χ3v) is 7.14. The maximum atomic E-state index is 12.6. The minimum Gasteiger partial charge on any atom is -0.483 e. The molecule has 0 atom stereocenters. The van der Waals surface area contributed by atoms with Crippen LogP contribution in [0.4, 0.5) is 5.13 Å². The summed E-state index contributed by atoms with van der Waals surface area (Å²) in [7, 11) is 0. The van der Waals surface area contributed by atoms with Crippen molar-refractivity contribution < 1.29 is 13.9 Å². The minimum absolute atomic E-state index is 0.221. The van der Waals surface area contributed by atoms with Crippen molar-refractivity contribution in [1.29, 1.82) is 5.26 Å². The van der Waals surface area contributed by atoms with Crippen LogP contribution in [-0.2, 0) is 4.79 Å². The van der Waals surface area contributed by atoms with Gasteiger partial charge in [-0.05, 0) is 36.4 Å². The van der Waals surface area contributed by atoms with E-state index < -0.39 is 5.63 Å². The first kappa shape index (κ1) is 24.6. The number of fused-ring (bicyclic) bond motifs is 1. The zero-order chi connectivity index (χ0) is 25.8. The second-order valence-corrected chi connectivity index (χ2v) is 10.2. The highest BCUT2D eigenvalue weighted by Gasteiger charge is 2.15. The molecule has 0 aliphatic heterocycles. The number of aromatic nitrogens is 2. The lowest BCUT2D eigenvalue weighted by Gasteiger charge is -2.09. The van der Waals surface area contributed by atoms with E-state index in [0.717, 1.165) is 9.86 Å². The van der Waals surface area contributed by atoms with Crippen LogP contribution in [0.1, 0.15) is 10.6 Å². The molecular formula is C26H15BrN4O4S2. The lowest BCUT2D eigenvalue weighted by molar-refractivity contribution is -0.118. The number of hydrogen-bond donors (Lipinski definition) is 1. The number of amides is 1. The van der Waals surface area contributed by atoms with Gasteiger partial charge in [0.05, 0.1) is 16.8 Å². The molecule has 1 N–H and O–H groups in total. The van der Waals surface area contributed by atoms with Gasteiger partial charge in [0.15, 0.2) is 11.7 Å². The molecular weight excluding hydrogens is 576 g/mol. The standard InChI is InChI=1S/C26H15BrN4O4S2/c27-18-5-6-22-16(10-18)11-19(25(33)35-22)20-14-37-24(30-20)17(12-28)9-15-3-1-2-4-21(15)34-13-23(32)31-26-29-7-8-36-26/h1-11,14H,13H2,(H,29,31,32)/b17-9+. The van der Waals surface area contributed by atoms with Crippen molar-refractivity contribution >= 4 is 72.3 Å². The van der Waals surface area contributed by atoms with E-state index in [1.165, 1.54) is 22.7 Å². The molecule has 5 aromatic rings. The molecule has 3 heterocycles. The number of nitrogens with one attached hydrogen (secondary N) is 1. The van der Waals surface area contributed by atoms with Crippen molar-refractivity contribution in [2.75, 3.05) is 11.9 Å². The average Bonchev–Trinajstić information content (AvgIpc) is 3.59. The Morgan fingerprint density at radius 2 is 2.08 bits per heavy atom. The largest absolute Gasteiger partial charge is 0.483 e. The first-order valence-electron chi connectivity index (χ1n) is 10.7. The molecule has 2 aromatic carbocycles. The zero-order valence-corrected chi connectivity index (χ0v) is 22.0. The number of carbonyl (C=O) groups is 1. The molecule has 0 fully saturated rings. The van der Waals surface area contributed by atoms with Gasteiger partial charge >= 0.3 is 5.63 Å². The molecule has 0 saturated heterocycles. The van der Waals surface area contributed by atoms with E-state index >= 15 is 0 Å². The number of para-hydroxylation sites is 1. The Bertz CT molecular complexity index is 1740. The van der Waals surface area contributed by atoms with Crippen LogP contribution in [0.2, 0.25) is 0 Å². The number of benzene rings is 2. The smallest absolute Gasteiger partial charge is 0.345 e. The fourth-order valence-electron chi connectivity index (χ4n) is 3.41. The number of anilines is 1.